The van der Waals surface area contributed by atoms with Gasteiger partial charge in [-0.1, -0.05) is 6.07 Å². The zero-order chi connectivity index (χ0) is 12.7. The number of aromatic nitrogens is 1. The molecule has 0 atom stereocenters. The number of ether oxygens (including phenoxy) is 1. The zero-order valence-corrected chi connectivity index (χ0v) is 10.7. The van der Waals surface area contributed by atoms with Crippen molar-refractivity contribution in [2.75, 3.05) is 13.7 Å². The number of hydrogen-bond acceptors (Lipinski definition) is 4. The number of rotatable bonds is 6. The van der Waals surface area contributed by atoms with Gasteiger partial charge in [-0.05, 0) is 19.9 Å². The summed E-state index contributed by atoms with van der Waals surface area (Å²) in [5.74, 6) is 0.662. The molecule has 0 aliphatic heterocycles. The van der Waals surface area contributed by atoms with Gasteiger partial charge in [-0.15, -0.1) is 0 Å². The fraction of sp³-hybridized carbons (Fsp3) is 0.538. The molecule has 1 heterocycles. The number of nitriles is 1. The van der Waals surface area contributed by atoms with Crippen LogP contribution >= 0.6 is 0 Å². The minimum Gasteiger partial charge on any atom is -0.481 e. The highest BCUT2D eigenvalue weighted by molar-refractivity contribution is 5.25. The molecule has 0 saturated carbocycles. The van der Waals surface area contributed by atoms with E-state index in [9.17, 15) is 0 Å². The van der Waals surface area contributed by atoms with E-state index in [4.69, 9.17) is 10.00 Å². The minimum absolute atomic E-state index is 0.397. The highest BCUT2D eigenvalue weighted by Crippen LogP contribution is 2.17. The maximum Gasteiger partial charge on any atom is 0.217 e. The Labute approximate surface area is 103 Å². The average Bonchev–Trinajstić information content (AvgIpc) is 2.34. The molecule has 1 rings (SSSR count). The molecule has 0 N–H and O–H groups in total. The lowest BCUT2D eigenvalue weighted by Crippen LogP contribution is -2.31. The summed E-state index contributed by atoms with van der Waals surface area (Å²) >= 11 is 0. The van der Waals surface area contributed by atoms with Gasteiger partial charge in [0.05, 0.1) is 13.2 Å². The van der Waals surface area contributed by atoms with Crippen molar-refractivity contribution in [1.82, 2.24) is 9.88 Å². The summed E-state index contributed by atoms with van der Waals surface area (Å²) < 4.78 is 5.23. The van der Waals surface area contributed by atoms with Gasteiger partial charge in [0.15, 0.2) is 0 Å². The average molecular weight is 233 g/mol. The van der Waals surface area contributed by atoms with Crippen LogP contribution in [0.4, 0.5) is 0 Å². The smallest absolute Gasteiger partial charge is 0.217 e. The lowest BCUT2D eigenvalue weighted by atomic mass is 10.2. The largest absolute Gasteiger partial charge is 0.481 e. The van der Waals surface area contributed by atoms with Crippen LogP contribution in [-0.2, 0) is 6.54 Å². The van der Waals surface area contributed by atoms with Gasteiger partial charge < -0.3 is 4.74 Å². The van der Waals surface area contributed by atoms with E-state index in [0.29, 0.717) is 18.3 Å². The van der Waals surface area contributed by atoms with Gasteiger partial charge in [-0.3, -0.25) is 4.90 Å². The molecule has 0 fully saturated rings. The molecule has 92 valence electrons. The second-order valence-corrected chi connectivity index (χ2v) is 4.14. The Bertz CT molecular complexity index is 384. The van der Waals surface area contributed by atoms with Gasteiger partial charge in [0, 0.05) is 37.3 Å². The molecule has 1 aromatic heterocycles. The highest BCUT2D eigenvalue weighted by atomic mass is 16.5. The molecule has 0 spiro atoms. The van der Waals surface area contributed by atoms with Gasteiger partial charge >= 0.3 is 0 Å². The van der Waals surface area contributed by atoms with E-state index in [0.717, 1.165) is 18.7 Å². The SMILES string of the molecule is COc1ncccc1CN(CCC#N)C(C)C. The van der Waals surface area contributed by atoms with Crippen molar-refractivity contribution in [3.8, 4) is 11.9 Å². The highest BCUT2D eigenvalue weighted by Gasteiger charge is 2.12. The Hall–Kier alpha value is -1.60. The predicted molar refractivity (Wildman–Crippen MR) is 66.6 cm³/mol. The lowest BCUT2D eigenvalue weighted by Gasteiger charge is -2.25. The molecule has 0 saturated heterocycles. The Morgan fingerprint density at radius 2 is 2.29 bits per heavy atom. The van der Waals surface area contributed by atoms with Crippen molar-refractivity contribution in [2.24, 2.45) is 0 Å². The van der Waals surface area contributed by atoms with Crippen LogP contribution < -0.4 is 4.74 Å². The maximum absolute atomic E-state index is 8.65. The Balaban J connectivity index is 2.75. The number of nitrogens with zero attached hydrogens (tertiary/aromatic N) is 3. The predicted octanol–water partition coefficient (Wildman–Crippen LogP) is 2.21. The number of hydrogen-bond donors (Lipinski definition) is 0. The summed E-state index contributed by atoms with van der Waals surface area (Å²) in [5, 5.41) is 8.65. The van der Waals surface area contributed by atoms with Gasteiger partial charge in [-0.2, -0.15) is 5.26 Å². The summed E-state index contributed by atoms with van der Waals surface area (Å²) in [6, 6.07) is 6.49. The molecular formula is C13H19N3O. The first-order valence-electron chi connectivity index (χ1n) is 5.78. The van der Waals surface area contributed by atoms with Crippen LogP contribution in [0.5, 0.6) is 5.88 Å². The zero-order valence-electron chi connectivity index (χ0n) is 10.7. The van der Waals surface area contributed by atoms with Crippen LogP contribution in [0.1, 0.15) is 25.8 Å². The monoisotopic (exact) mass is 233 g/mol. The Morgan fingerprint density at radius 1 is 1.53 bits per heavy atom. The Morgan fingerprint density at radius 3 is 2.88 bits per heavy atom. The fourth-order valence-corrected chi connectivity index (χ4v) is 1.66. The van der Waals surface area contributed by atoms with E-state index in [1.807, 2.05) is 12.1 Å². The van der Waals surface area contributed by atoms with E-state index < -0.39 is 0 Å². The lowest BCUT2D eigenvalue weighted by molar-refractivity contribution is 0.214. The second kappa shape index (κ2) is 6.87. The minimum atomic E-state index is 0.397. The molecule has 4 heteroatoms. The van der Waals surface area contributed by atoms with E-state index >= 15 is 0 Å². The second-order valence-electron chi connectivity index (χ2n) is 4.14. The van der Waals surface area contributed by atoms with Crippen LogP contribution in [0.15, 0.2) is 18.3 Å². The van der Waals surface area contributed by atoms with Crippen molar-refractivity contribution < 1.29 is 4.74 Å². The van der Waals surface area contributed by atoms with Crippen LogP contribution in [0, 0.1) is 11.3 Å². The quantitative estimate of drug-likeness (QED) is 0.756. The van der Waals surface area contributed by atoms with E-state index in [-0.39, 0.29) is 0 Å². The van der Waals surface area contributed by atoms with Crippen molar-refractivity contribution in [1.29, 1.82) is 5.26 Å². The van der Waals surface area contributed by atoms with Gasteiger partial charge in [0.2, 0.25) is 5.88 Å². The molecular weight excluding hydrogens is 214 g/mol. The number of pyridine rings is 1. The molecule has 17 heavy (non-hydrogen) atoms. The van der Waals surface area contributed by atoms with E-state index in [1.165, 1.54) is 0 Å². The van der Waals surface area contributed by atoms with Crippen LogP contribution in [0.2, 0.25) is 0 Å². The van der Waals surface area contributed by atoms with Gasteiger partial charge in [-0.25, -0.2) is 4.98 Å². The van der Waals surface area contributed by atoms with Crippen molar-refractivity contribution >= 4 is 0 Å². The molecule has 0 radical (unpaired) electrons. The van der Waals surface area contributed by atoms with Crippen molar-refractivity contribution in [3.63, 3.8) is 0 Å². The van der Waals surface area contributed by atoms with E-state index in [2.05, 4.69) is 29.8 Å². The normalized spacial score (nSPS) is 10.6. The molecule has 0 aromatic carbocycles. The van der Waals surface area contributed by atoms with E-state index in [1.54, 1.807) is 13.3 Å². The summed E-state index contributed by atoms with van der Waals surface area (Å²) in [6.45, 7) is 5.78. The maximum atomic E-state index is 8.65. The van der Waals surface area contributed by atoms with Crippen LogP contribution in [0.3, 0.4) is 0 Å². The summed E-state index contributed by atoms with van der Waals surface area (Å²) in [7, 11) is 1.63. The third kappa shape index (κ3) is 4.04. The first-order chi connectivity index (χ1) is 8.19. The first kappa shape index (κ1) is 13.5. The van der Waals surface area contributed by atoms with Crippen molar-refractivity contribution in [3.05, 3.63) is 23.9 Å². The molecule has 0 aliphatic carbocycles. The molecule has 4 nitrogen and oxygen atoms in total. The standard InChI is InChI=1S/C13H19N3O/c1-11(2)16(9-5-7-14)10-12-6-4-8-15-13(12)17-3/h4,6,8,11H,5,9-10H2,1-3H3. The first-order valence-corrected chi connectivity index (χ1v) is 5.78. The molecule has 0 unspecified atom stereocenters. The topological polar surface area (TPSA) is 49.1 Å². The van der Waals surface area contributed by atoms with Gasteiger partial charge in [0.1, 0.15) is 0 Å². The summed E-state index contributed by atoms with van der Waals surface area (Å²) in [6.07, 6.45) is 2.26. The molecule has 0 amide bonds. The summed E-state index contributed by atoms with van der Waals surface area (Å²) in [5.41, 5.74) is 1.06. The molecule has 1 aromatic rings. The molecule has 0 aliphatic rings. The van der Waals surface area contributed by atoms with Crippen molar-refractivity contribution in [2.45, 2.75) is 32.9 Å². The third-order valence-electron chi connectivity index (χ3n) is 2.66. The fourth-order valence-electron chi connectivity index (χ4n) is 1.66. The summed E-state index contributed by atoms with van der Waals surface area (Å²) in [4.78, 5) is 6.41. The molecule has 0 bridgehead atoms. The van der Waals surface area contributed by atoms with Crippen LogP contribution in [-0.4, -0.2) is 29.6 Å². The third-order valence-corrected chi connectivity index (χ3v) is 2.66. The van der Waals surface area contributed by atoms with Crippen LogP contribution in [0.25, 0.3) is 0 Å². The Kier molecular flexibility index (Phi) is 5.44. The van der Waals surface area contributed by atoms with Gasteiger partial charge in [0.25, 0.3) is 0 Å². The number of methoxy groups -OCH3 is 1.